The van der Waals surface area contributed by atoms with E-state index in [1.807, 2.05) is 22.9 Å². The van der Waals surface area contributed by atoms with Crippen LogP contribution in [0.3, 0.4) is 0 Å². The number of aryl methyl sites for hydroxylation is 2. The minimum absolute atomic E-state index is 0.0578. The number of alkyl halides is 2. The van der Waals surface area contributed by atoms with E-state index in [1.54, 1.807) is 0 Å². The summed E-state index contributed by atoms with van der Waals surface area (Å²) in [6, 6.07) is 4.06. The average Bonchev–Trinajstić information content (AvgIpc) is 3.58. The summed E-state index contributed by atoms with van der Waals surface area (Å²) in [6.07, 6.45) is 10.6. The second-order valence-electron chi connectivity index (χ2n) is 8.91. The number of ketones is 2. The molecule has 0 aliphatic heterocycles. The lowest BCUT2D eigenvalue weighted by molar-refractivity contribution is 0.0189. The number of hydrogen-bond acceptors (Lipinski definition) is 5. The van der Waals surface area contributed by atoms with E-state index in [0.29, 0.717) is 9.75 Å². The molecular formula is C27H30F2O2S3. The largest absolute Gasteiger partial charge is 0.371 e. The van der Waals surface area contributed by atoms with Crippen LogP contribution in [0.4, 0.5) is 8.78 Å². The first-order valence-corrected chi connectivity index (χ1v) is 14.8. The molecule has 0 saturated carbocycles. The van der Waals surface area contributed by atoms with Crippen LogP contribution in [0.25, 0.3) is 19.5 Å². The van der Waals surface area contributed by atoms with E-state index in [0.717, 1.165) is 85.1 Å². The Morgan fingerprint density at radius 3 is 1.53 bits per heavy atom. The van der Waals surface area contributed by atoms with Crippen molar-refractivity contribution in [3.05, 3.63) is 45.1 Å². The van der Waals surface area contributed by atoms with Crippen molar-refractivity contribution >= 4 is 45.6 Å². The summed E-state index contributed by atoms with van der Waals surface area (Å²) in [4.78, 5) is 28.4. The first-order valence-electron chi connectivity index (χ1n) is 12.2. The zero-order chi connectivity index (χ0) is 24.3. The van der Waals surface area contributed by atoms with Gasteiger partial charge in [0.05, 0.1) is 20.9 Å². The van der Waals surface area contributed by atoms with Gasteiger partial charge < -0.3 is 0 Å². The van der Waals surface area contributed by atoms with Crippen molar-refractivity contribution < 1.29 is 18.4 Å². The van der Waals surface area contributed by atoms with Gasteiger partial charge in [0.15, 0.2) is 0 Å². The summed E-state index contributed by atoms with van der Waals surface area (Å²) in [5, 5.41) is 3.92. The minimum atomic E-state index is -3.97. The molecule has 7 heteroatoms. The molecular weight excluding hydrogens is 490 g/mol. The van der Waals surface area contributed by atoms with Gasteiger partial charge in [-0.25, -0.2) is 0 Å². The number of hydrogen-bond donors (Lipinski definition) is 0. The SMILES string of the molecule is CCCCCCc1ccsc1-c1sc(-c2sccc2CCCCCC)c2c1C(=O)C(F)(F)C2=O. The number of carbonyl (C=O) groups excluding carboxylic acids is 2. The van der Waals surface area contributed by atoms with Crippen LogP contribution >= 0.6 is 34.0 Å². The third-order valence-electron chi connectivity index (χ3n) is 6.44. The lowest BCUT2D eigenvalue weighted by Crippen LogP contribution is -2.30. The highest BCUT2D eigenvalue weighted by atomic mass is 32.1. The fourth-order valence-corrected chi connectivity index (χ4v) is 8.13. The second-order valence-corrected chi connectivity index (χ2v) is 11.8. The standard InChI is InChI=1S/C27H30F2O2S3/c1-3-5-7-9-11-17-13-15-32-21(17)23-19-20(26(31)27(28,29)25(19)30)24(34-23)22-18(14-16-33-22)12-10-8-6-4-2/h13-16H,3-12H2,1-2H3. The first kappa shape index (κ1) is 25.4. The lowest BCUT2D eigenvalue weighted by Gasteiger charge is -2.08. The highest BCUT2D eigenvalue weighted by Gasteiger charge is 2.58. The Labute approximate surface area is 212 Å². The Hall–Kier alpha value is -1.70. The topological polar surface area (TPSA) is 34.1 Å². The zero-order valence-corrected chi connectivity index (χ0v) is 22.1. The Bertz CT molecular complexity index is 1080. The maximum absolute atomic E-state index is 14.7. The molecule has 3 aromatic heterocycles. The van der Waals surface area contributed by atoms with Gasteiger partial charge in [-0.1, -0.05) is 52.4 Å². The highest BCUT2D eigenvalue weighted by molar-refractivity contribution is 7.26. The maximum Gasteiger partial charge on any atom is 0.371 e. The van der Waals surface area contributed by atoms with Gasteiger partial charge in [0.25, 0.3) is 0 Å². The van der Waals surface area contributed by atoms with Crippen LogP contribution in [-0.2, 0) is 12.8 Å². The molecule has 182 valence electrons. The summed E-state index contributed by atoms with van der Waals surface area (Å²) in [5.74, 6) is -6.65. The number of thiophene rings is 3. The van der Waals surface area contributed by atoms with Crippen molar-refractivity contribution in [2.75, 3.05) is 0 Å². The predicted molar refractivity (Wildman–Crippen MR) is 140 cm³/mol. The number of halogens is 2. The Balaban J connectivity index is 1.76. The fraction of sp³-hybridized carbons (Fsp3) is 0.481. The molecule has 0 unspecified atom stereocenters. The quantitative estimate of drug-likeness (QED) is 0.176. The predicted octanol–water partition coefficient (Wildman–Crippen LogP) is 9.46. The smallest absolute Gasteiger partial charge is 0.287 e. The molecule has 0 saturated heterocycles. The maximum atomic E-state index is 14.7. The summed E-state index contributed by atoms with van der Waals surface area (Å²) >= 11 is 4.30. The van der Waals surface area contributed by atoms with Gasteiger partial charge in [-0.3, -0.25) is 9.59 Å². The van der Waals surface area contributed by atoms with Gasteiger partial charge in [0.1, 0.15) is 0 Å². The molecule has 34 heavy (non-hydrogen) atoms. The van der Waals surface area contributed by atoms with Crippen LogP contribution in [0.5, 0.6) is 0 Å². The van der Waals surface area contributed by atoms with Gasteiger partial charge in [0.2, 0.25) is 11.6 Å². The fourth-order valence-electron chi connectivity index (χ4n) is 4.55. The number of Topliss-reactive ketones (excluding diaryl/α,β-unsaturated/α-hetero) is 2. The molecule has 0 fully saturated rings. The summed E-state index contributed by atoms with van der Waals surface area (Å²) < 4.78 is 29.4. The van der Waals surface area contributed by atoms with E-state index >= 15 is 0 Å². The molecule has 3 aromatic rings. The number of fused-ring (bicyclic) bond motifs is 1. The van der Waals surface area contributed by atoms with Crippen molar-refractivity contribution in [2.45, 2.75) is 84.0 Å². The van der Waals surface area contributed by atoms with E-state index in [2.05, 4.69) is 13.8 Å². The molecule has 0 N–H and O–H groups in total. The van der Waals surface area contributed by atoms with Crippen molar-refractivity contribution in [3.8, 4) is 19.5 Å². The highest BCUT2D eigenvalue weighted by Crippen LogP contribution is 2.53. The molecule has 1 aliphatic carbocycles. The van der Waals surface area contributed by atoms with Crippen LogP contribution < -0.4 is 0 Å². The summed E-state index contributed by atoms with van der Waals surface area (Å²) in [5.41, 5.74) is 2.05. The van der Waals surface area contributed by atoms with E-state index in [-0.39, 0.29) is 11.1 Å². The van der Waals surface area contributed by atoms with Crippen LogP contribution in [0.15, 0.2) is 22.9 Å². The third-order valence-corrected chi connectivity index (χ3v) is 9.87. The number of rotatable bonds is 12. The average molecular weight is 521 g/mol. The number of unbranched alkanes of at least 4 members (excludes halogenated alkanes) is 6. The van der Waals surface area contributed by atoms with Crippen LogP contribution in [0.2, 0.25) is 0 Å². The Morgan fingerprint density at radius 2 is 1.12 bits per heavy atom. The summed E-state index contributed by atoms with van der Waals surface area (Å²) in [7, 11) is 0. The minimum Gasteiger partial charge on any atom is -0.287 e. The Morgan fingerprint density at radius 1 is 0.676 bits per heavy atom. The van der Waals surface area contributed by atoms with E-state index < -0.39 is 17.5 Å². The van der Waals surface area contributed by atoms with Crippen LogP contribution in [0, 0.1) is 0 Å². The summed E-state index contributed by atoms with van der Waals surface area (Å²) in [6.45, 7) is 4.33. The van der Waals surface area contributed by atoms with Crippen LogP contribution in [-0.4, -0.2) is 17.5 Å². The molecule has 1 aliphatic rings. The second kappa shape index (κ2) is 10.9. The van der Waals surface area contributed by atoms with E-state index in [1.165, 1.54) is 34.0 Å². The zero-order valence-electron chi connectivity index (χ0n) is 19.7. The monoisotopic (exact) mass is 520 g/mol. The third kappa shape index (κ3) is 4.71. The van der Waals surface area contributed by atoms with Gasteiger partial charge >= 0.3 is 5.92 Å². The molecule has 4 rings (SSSR count). The van der Waals surface area contributed by atoms with Gasteiger partial charge in [0, 0.05) is 9.75 Å². The molecule has 0 amide bonds. The van der Waals surface area contributed by atoms with Crippen molar-refractivity contribution in [3.63, 3.8) is 0 Å². The lowest BCUT2D eigenvalue weighted by atomic mass is 10.0. The van der Waals surface area contributed by atoms with Crippen molar-refractivity contribution in [1.29, 1.82) is 0 Å². The van der Waals surface area contributed by atoms with Gasteiger partial charge in [-0.05, 0) is 59.7 Å². The number of carbonyl (C=O) groups is 2. The first-order chi connectivity index (χ1) is 16.4. The molecule has 2 nitrogen and oxygen atoms in total. The van der Waals surface area contributed by atoms with Crippen molar-refractivity contribution in [2.24, 2.45) is 0 Å². The molecule has 0 aromatic carbocycles. The van der Waals surface area contributed by atoms with Gasteiger partial charge in [-0.15, -0.1) is 34.0 Å². The molecule has 3 heterocycles. The normalized spacial score (nSPS) is 14.8. The molecule has 0 spiro atoms. The van der Waals surface area contributed by atoms with Crippen LogP contribution in [0.1, 0.15) is 97.1 Å². The van der Waals surface area contributed by atoms with E-state index in [4.69, 9.17) is 0 Å². The van der Waals surface area contributed by atoms with E-state index in [9.17, 15) is 18.4 Å². The Kier molecular flexibility index (Phi) is 8.16. The molecule has 0 atom stereocenters. The molecule has 0 bridgehead atoms. The van der Waals surface area contributed by atoms with Crippen molar-refractivity contribution in [1.82, 2.24) is 0 Å². The van der Waals surface area contributed by atoms with Gasteiger partial charge in [-0.2, -0.15) is 8.78 Å². The molecule has 0 radical (unpaired) electrons.